The van der Waals surface area contributed by atoms with Crippen molar-refractivity contribution in [3.8, 4) is 0 Å². The molecule has 4 aliphatic rings. The molecule has 0 aromatic rings. The highest BCUT2D eigenvalue weighted by Gasteiger charge is 2.58. The van der Waals surface area contributed by atoms with Crippen LogP contribution in [-0.2, 0) is 85.6 Å². The summed E-state index contributed by atoms with van der Waals surface area (Å²) in [6.07, 6.45) is -17.7. The van der Waals surface area contributed by atoms with Gasteiger partial charge in [0.2, 0.25) is 0 Å². The molecule has 4 saturated heterocycles. The number of unbranched alkanes of at least 4 members (excludes halogenated alkanes) is 9. The van der Waals surface area contributed by atoms with Crippen molar-refractivity contribution in [2.75, 3.05) is 6.61 Å². The molecule has 0 aliphatic carbocycles. The number of rotatable bonds is 23. The molecule has 0 unspecified atom stereocenters. The molecular formula is C46H76O22. The van der Waals surface area contributed by atoms with Crippen LogP contribution in [0.15, 0.2) is 0 Å². The van der Waals surface area contributed by atoms with Gasteiger partial charge in [0, 0.05) is 41.2 Å². The molecule has 0 aromatic carbocycles. The molecule has 0 amide bonds. The Hall–Kier alpha value is -3.13. The van der Waals surface area contributed by atoms with E-state index in [4.69, 9.17) is 61.6 Å². The van der Waals surface area contributed by atoms with Crippen LogP contribution < -0.4 is 0 Å². The van der Waals surface area contributed by atoms with Gasteiger partial charge in [-0.3, -0.25) is 24.0 Å². The minimum Gasteiger partial charge on any atom is -0.457 e. The van der Waals surface area contributed by atoms with Crippen molar-refractivity contribution in [1.29, 1.82) is 0 Å². The highest BCUT2D eigenvalue weighted by Crippen LogP contribution is 2.38. The van der Waals surface area contributed by atoms with Gasteiger partial charge < -0.3 is 82.0 Å². The summed E-state index contributed by atoms with van der Waals surface area (Å²) in [5, 5.41) is 45.9. The monoisotopic (exact) mass is 980 g/mol. The summed E-state index contributed by atoms with van der Waals surface area (Å²) < 4.78 is 76.2. The Labute approximate surface area is 398 Å². The van der Waals surface area contributed by atoms with Crippen molar-refractivity contribution >= 4 is 29.8 Å². The number of ether oxygens (including phenoxy) is 13. The second-order valence-corrected chi connectivity index (χ2v) is 18.0. The molecule has 4 rings (SSSR count). The zero-order valence-electron chi connectivity index (χ0n) is 41.0. The molecule has 0 bridgehead atoms. The highest BCUT2D eigenvalue weighted by atomic mass is 16.8. The SMILES string of the molecule is CCCCCCCCCCCCO[C@@H]1O[C@@H](C)[C@H](O[C@@H]2O[C@@H](C)[C@H](OC(C)=O)[C@@H](O[C@@H]3O[C@@H](C)[C@H](OC(C)=O)[C@@H](O[C@@H]4O[C@@H](C)[C@H](OC(C)=O)[C@@H](OC(C)=O)[C@H]4O)[C@H]3OC(C)=O)[C@H]2O)[C@@H](O)[C@H]1O. The first-order valence-corrected chi connectivity index (χ1v) is 23.9. The summed E-state index contributed by atoms with van der Waals surface area (Å²) in [6, 6.07) is 0. The van der Waals surface area contributed by atoms with E-state index in [1.807, 2.05) is 0 Å². The number of hydrogen-bond donors (Lipinski definition) is 4. The van der Waals surface area contributed by atoms with Crippen LogP contribution in [0.25, 0.3) is 0 Å². The zero-order chi connectivity index (χ0) is 50.4. The second-order valence-electron chi connectivity index (χ2n) is 18.0. The Bertz CT molecular complexity index is 1600. The fraction of sp³-hybridized carbons (Fsp3) is 0.891. The molecule has 0 spiro atoms. The molecule has 22 heteroatoms. The van der Waals surface area contributed by atoms with Crippen molar-refractivity contribution in [3.63, 3.8) is 0 Å². The van der Waals surface area contributed by atoms with Crippen LogP contribution in [0.2, 0.25) is 0 Å². The standard InChI is InChI=1S/C46H76O22/c1-11-12-13-14-15-16-17-18-19-20-21-56-43-32(53)31(52)35(22(2)57-43)66-44-34(55)40(37(24(4)58-44)62-27(7)48)67-46-42(65-30(10)51)41(38(25(5)60-46)63-28(8)49)68-45-33(54)39(64-29(9)50)36(23(3)59-45)61-26(6)47/h22-25,31-46,52-55H,11-21H2,1-10H3/t22-,23-,24-,25-,31-,32+,33+,34+,35-,36-,37-,38-,39-,40-,41+,42+,43+,44-,45-,46-/m0/s1. The predicted octanol–water partition coefficient (Wildman–Crippen LogP) is 2.16. The van der Waals surface area contributed by atoms with Crippen LogP contribution in [0.1, 0.15) is 133 Å². The topological polar surface area (TPSA) is 286 Å². The van der Waals surface area contributed by atoms with E-state index in [0.29, 0.717) is 6.61 Å². The predicted molar refractivity (Wildman–Crippen MR) is 232 cm³/mol. The Morgan fingerprint density at radius 1 is 0.368 bits per heavy atom. The van der Waals surface area contributed by atoms with Crippen molar-refractivity contribution in [3.05, 3.63) is 0 Å². The van der Waals surface area contributed by atoms with E-state index < -0.39 is 153 Å². The third kappa shape index (κ3) is 16.2. The third-order valence-corrected chi connectivity index (χ3v) is 12.2. The summed E-state index contributed by atoms with van der Waals surface area (Å²) in [5.41, 5.74) is 0. The van der Waals surface area contributed by atoms with Gasteiger partial charge in [-0.05, 0) is 34.1 Å². The van der Waals surface area contributed by atoms with E-state index >= 15 is 0 Å². The maximum absolute atomic E-state index is 12.8. The first-order chi connectivity index (χ1) is 32.1. The lowest BCUT2D eigenvalue weighted by molar-refractivity contribution is -0.385. The normalized spacial score (nSPS) is 38.5. The molecular weight excluding hydrogens is 904 g/mol. The van der Waals surface area contributed by atoms with Crippen LogP contribution >= 0.6 is 0 Å². The van der Waals surface area contributed by atoms with E-state index in [9.17, 15) is 44.4 Å². The molecule has 0 saturated carbocycles. The molecule has 4 N–H and O–H groups in total. The van der Waals surface area contributed by atoms with Gasteiger partial charge in [0.1, 0.15) is 42.7 Å². The molecule has 4 heterocycles. The Morgan fingerprint density at radius 2 is 0.706 bits per heavy atom. The maximum Gasteiger partial charge on any atom is 0.303 e. The highest BCUT2D eigenvalue weighted by molar-refractivity contribution is 5.68. The summed E-state index contributed by atoms with van der Waals surface area (Å²) in [6.45, 7) is 14.0. The fourth-order valence-electron chi connectivity index (χ4n) is 8.89. The minimum atomic E-state index is -1.85. The summed E-state index contributed by atoms with van der Waals surface area (Å²) in [7, 11) is 0. The van der Waals surface area contributed by atoms with E-state index in [0.717, 1.165) is 60.3 Å². The number of carbonyl (C=O) groups is 5. The molecule has 4 aliphatic heterocycles. The minimum absolute atomic E-state index is 0.296. The van der Waals surface area contributed by atoms with E-state index in [1.165, 1.54) is 59.3 Å². The average molecular weight is 981 g/mol. The van der Waals surface area contributed by atoms with E-state index in [2.05, 4.69) is 6.92 Å². The quantitative estimate of drug-likeness (QED) is 0.0648. The van der Waals surface area contributed by atoms with Crippen molar-refractivity contribution < 1.29 is 106 Å². The molecule has 0 radical (unpaired) electrons. The van der Waals surface area contributed by atoms with Gasteiger partial charge in [-0.25, -0.2) is 0 Å². The third-order valence-electron chi connectivity index (χ3n) is 12.2. The van der Waals surface area contributed by atoms with Gasteiger partial charge in [-0.15, -0.1) is 0 Å². The molecule has 22 nitrogen and oxygen atoms in total. The summed E-state index contributed by atoms with van der Waals surface area (Å²) in [4.78, 5) is 61.8. The van der Waals surface area contributed by atoms with Crippen molar-refractivity contribution in [1.82, 2.24) is 0 Å². The van der Waals surface area contributed by atoms with Crippen LogP contribution in [0.3, 0.4) is 0 Å². The van der Waals surface area contributed by atoms with Crippen LogP contribution in [0.4, 0.5) is 0 Å². The average Bonchev–Trinajstić information content (AvgIpc) is 3.25. The van der Waals surface area contributed by atoms with E-state index in [1.54, 1.807) is 6.92 Å². The number of esters is 5. The molecule has 4 fully saturated rings. The Kier molecular flexibility index (Phi) is 23.2. The first kappa shape index (κ1) is 57.4. The summed E-state index contributed by atoms with van der Waals surface area (Å²) >= 11 is 0. The molecule has 20 atom stereocenters. The molecule has 392 valence electrons. The number of aliphatic hydroxyl groups excluding tert-OH is 4. The zero-order valence-corrected chi connectivity index (χ0v) is 41.0. The summed E-state index contributed by atoms with van der Waals surface area (Å²) in [5.74, 6) is -4.10. The second kappa shape index (κ2) is 27.5. The van der Waals surface area contributed by atoms with Crippen molar-refractivity contribution in [2.45, 2.75) is 256 Å². The molecule has 0 aromatic heterocycles. The van der Waals surface area contributed by atoms with Crippen molar-refractivity contribution in [2.24, 2.45) is 0 Å². The van der Waals surface area contributed by atoms with Gasteiger partial charge in [0.15, 0.2) is 55.7 Å². The lowest BCUT2D eigenvalue weighted by atomic mass is 9.95. The number of carbonyl (C=O) groups excluding carboxylic acids is 5. The van der Waals surface area contributed by atoms with Gasteiger partial charge in [0.25, 0.3) is 0 Å². The Morgan fingerprint density at radius 3 is 1.19 bits per heavy atom. The smallest absolute Gasteiger partial charge is 0.303 e. The lowest BCUT2D eigenvalue weighted by Crippen LogP contribution is -2.67. The van der Waals surface area contributed by atoms with Gasteiger partial charge in [0.05, 0.1) is 24.4 Å². The fourth-order valence-corrected chi connectivity index (χ4v) is 8.89. The Balaban J connectivity index is 1.53. The first-order valence-electron chi connectivity index (χ1n) is 23.9. The van der Waals surface area contributed by atoms with Gasteiger partial charge in [-0.1, -0.05) is 64.7 Å². The number of hydrogen-bond acceptors (Lipinski definition) is 22. The van der Waals surface area contributed by atoms with E-state index in [-0.39, 0.29) is 0 Å². The number of aliphatic hydroxyl groups is 4. The van der Waals surface area contributed by atoms with Crippen LogP contribution in [0.5, 0.6) is 0 Å². The largest absolute Gasteiger partial charge is 0.457 e. The van der Waals surface area contributed by atoms with Gasteiger partial charge in [-0.2, -0.15) is 0 Å². The maximum atomic E-state index is 12.8. The lowest BCUT2D eigenvalue weighted by Gasteiger charge is -2.50. The molecule has 68 heavy (non-hydrogen) atoms. The van der Waals surface area contributed by atoms with Crippen LogP contribution in [0, 0.1) is 0 Å². The van der Waals surface area contributed by atoms with Crippen LogP contribution in [-0.4, -0.2) is 180 Å². The van der Waals surface area contributed by atoms with Gasteiger partial charge >= 0.3 is 29.8 Å².